The highest BCUT2D eigenvalue weighted by molar-refractivity contribution is 5.79. The highest BCUT2D eigenvalue weighted by Crippen LogP contribution is 2.32. The molecule has 4 heteroatoms. The first-order valence-electron chi connectivity index (χ1n) is 9.91. The van der Waals surface area contributed by atoms with Gasteiger partial charge in [0.15, 0.2) is 0 Å². The molecule has 0 heterocycles. The Balaban J connectivity index is 5.48. The van der Waals surface area contributed by atoms with E-state index < -0.39 is 17.2 Å². The molecule has 3 N–H and O–H groups in total. The quantitative estimate of drug-likeness (QED) is 0.316. The molecule has 0 aromatic rings. The van der Waals surface area contributed by atoms with Crippen LogP contribution in [0, 0.1) is 5.92 Å². The summed E-state index contributed by atoms with van der Waals surface area (Å²) in [5.41, 5.74) is -1.33. The van der Waals surface area contributed by atoms with E-state index in [2.05, 4.69) is 32.9 Å². The predicted octanol–water partition coefficient (Wildman–Crippen LogP) is 5.02. The van der Waals surface area contributed by atoms with Crippen LogP contribution >= 0.6 is 0 Å². The average molecular weight is 367 g/mol. The Bertz CT molecular complexity index is 506. The first-order valence-corrected chi connectivity index (χ1v) is 9.91. The zero-order valence-corrected chi connectivity index (χ0v) is 17.2. The van der Waals surface area contributed by atoms with Crippen LogP contribution in [0.25, 0.3) is 0 Å². The summed E-state index contributed by atoms with van der Waals surface area (Å²) in [6, 6.07) is 0. The Morgan fingerprint density at radius 2 is 1.65 bits per heavy atom. The van der Waals surface area contributed by atoms with Crippen molar-refractivity contribution < 1.29 is 20.1 Å². The molecular weight excluding hydrogens is 328 g/mol. The summed E-state index contributed by atoms with van der Waals surface area (Å²) in [5, 5.41) is 30.6. The van der Waals surface area contributed by atoms with Crippen molar-refractivity contribution in [2.24, 2.45) is 5.92 Å². The second kappa shape index (κ2) is 12.1. The summed E-state index contributed by atoms with van der Waals surface area (Å²) < 4.78 is 0. The van der Waals surface area contributed by atoms with Crippen molar-refractivity contribution in [1.29, 1.82) is 0 Å². The summed E-state index contributed by atoms with van der Waals surface area (Å²) in [6.07, 6.45) is 13.2. The third-order valence-corrected chi connectivity index (χ3v) is 4.99. The van der Waals surface area contributed by atoms with Gasteiger partial charge in [0.05, 0.1) is 11.2 Å². The van der Waals surface area contributed by atoms with Crippen molar-refractivity contribution in [3.8, 4) is 0 Å². The normalized spacial score (nSPS) is 18.8. The summed E-state index contributed by atoms with van der Waals surface area (Å²) in [6.45, 7) is 10.0. The molecule has 0 aromatic carbocycles. The minimum Gasteiger partial charge on any atom is -0.478 e. The molecule has 0 aliphatic heterocycles. The smallest absolute Gasteiger partial charge is 0.328 e. The van der Waals surface area contributed by atoms with Crippen molar-refractivity contribution in [2.75, 3.05) is 0 Å². The second-order valence-electron chi connectivity index (χ2n) is 7.13. The molecule has 0 aliphatic rings. The van der Waals surface area contributed by atoms with Gasteiger partial charge in [0.2, 0.25) is 0 Å². The molecule has 3 unspecified atom stereocenters. The van der Waals surface area contributed by atoms with E-state index in [1.165, 1.54) is 11.6 Å². The predicted molar refractivity (Wildman–Crippen MR) is 108 cm³/mol. The van der Waals surface area contributed by atoms with Crippen molar-refractivity contribution in [1.82, 2.24) is 0 Å². The van der Waals surface area contributed by atoms with Gasteiger partial charge in [-0.3, -0.25) is 0 Å². The number of allylic oxidation sites excluding steroid dienone is 3. The fraction of sp³-hybridized carbons (Fsp3) is 0.682. The fourth-order valence-electron chi connectivity index (χ4n) is 3.04. The molecule has 0 radical (unpaired) electrons. The number of rotatable bonds is 13. The van der Waals surface area contributed by atoms with Gasteiger partial charge in [0, 0.05) is 12.5 Å². The lowest BCUT2D eigenvalue weighted by Gasteiger charge is -2.33. The maximum Gasteiger partial charge on any atom is 0.328 e. The highest BCUT2D eigenvalue weighted by Gasteiger charge is 2.34. The lowest BCUT2D eigenvalue weighted by molar-refractivity contribution is -0.131. The molecule has 4 nitrogen and oxygen atoms in total. The van der Waals surface area contributed by atoms with E-state index in [1.807, 2.05) is 13.0 Å². The van der Waals surface area contributed by atoms with Crippen LogP contribution in [-0.4, -0.2) is 32.5 Å². The maximum atomic E-state index is 11.1. The van der Waals surface area contributed by atoms with Gasteiger partial charge in [-0.05, 0) is 50.5 Å². The molecule has 0 rings (SSSR count). The Morgan fingerprint density at radius 1 is 1.04 bits per heavy atom. The van der Waals surface area contributed by atoms with Gasteiger partial charge in [-0.25, -0.2) is 4.79 Å². The lowest BCUT2D eigenvalue weighted by Crippen LogP contribution is -2.38. The zero-order chi connectivity index (χ0) is 20.2. The van der Waals surface area contributed by atoms with Crippen LogP contribution in [0.5, 0.6) is 0 Å². The molecule has 3 atom stereocenters. The van der Waals surface area contributed by atoms with Gasteiger partial charge >= 0.3 is 5.97 Å². The molecule has 26 heavy (non-hydrogen) atoms. The fourth-order valence-corrected chi connectivity index (χ4v) is 3.04. The van der Waals surface area contributed by atoms with Gasteiger partial charge in [0.1, 0.15) is 0 Å². The van der Waals surface area contributed by atoms with Gasteiger partial charge in [0.25, 0.3) is 0 Å². The topological polar surface area (TPSA) is 77.8 Å². The number of hydrogen-bond donors (Lipinski definition) is 3. The first-order chi connectivity index (χ1) is 12.2. The second-order valence-corrected chi connectivity index (χ2v) is 7.13. The summed E-state index contributed by atoms with van der Waals surface area (Å²) in [4.78, 5) is 10.8. The number of carbonyl (C=O) groups is 1. The minimum atomic E-state index is -1.34. The van der Waals surface area contributed by atoms with E-state index in [9.17, 15) is 15.0 Å². The maximum absolute atomic E-state index is 11.1. The van der Waals surface area contributed by atoms with Crippen LogP contribution in [0.4, 0.5) is 0 Å². The van der Waals surface area contributed by atoms with Crippen LogP contribution in [0.15, 0.2) is 36.0 Å². The van der Waals surface area contributed by atoms with Gasteiger partial charge in [-0.15, -0.1) is 0 Å². The molecule has 0 aromatic heterocycles. The number of carboxylic acids is 1. The summed E-state index contributed by atoms with van der Waals surface area (Å²) in [5.74, 6) is -0.658. The highest BCUT2D eigenvalue weighted by atomic mass is 16.4. The molecule has 0 fully saturated rings. The third-order valence-electron chi connectivity index (χ3n) is 4.99. The van der Waals surface area contributed by atoms with E-state index in [0.29, 0.717) is 18.8 Å². The Kier molecular flexibility index (Phi) is 11.4. The molecule has 0 bridgehead atoms. The van der Waals surface area contributed by atoms with Crippen molar-refractivity contribution >= 4 is 5.97 Å². The average Bonchev–Trinajstić information content (AvgIpc) is 2.62. The summed E-state index contributed by atoms with van der Waals surface area (Å²) >= 11 is 0. The molecule has 0 saturated carbocycles. The molecule has 0 amide bonds. The van der Waals surface area contributed by atoms with E-state index in [0.717, 1.165) is 31.8 Å². The summed E-state index contributed by atoms with van der Waals surface area (Å²) in [7, 11) is 0. The van der Waals surface area contributed by atoms with E-state index in [4.69, 9.17) is 5.11 Å². The Hall–Kier alpha value is -1.39. The van der Waals surface area contributed by atoms with Crippen molar-refractivity contribution in [2.45, 2.75) is 90.8 Å². The van der Waals surface area contributed by atoms with Crippen molar-refractivity contribution in [3.05, 3.63) is 36.0 Å². The SMILES string of the molecule is CC/C=C/C(CC)C/C(=C/C(O)(CC)CC(O)(/C=C/C(=O)O)CC)CC. The van der Waals surface area contributed by atoms with Crippen LogP contribution in [0.1, 0.15) is 79.6 Å². The van der Waals surface area contributed by atoms with Gasteiger partial charge in [-0.2, -0.15) is 0 Å². The van der Waals surface area contributed by atoms with Crippen LogP contribution in [-0.2, 0) is 4.79 Å². The van der Waals surface area contributed by atoms with Gasteiger partial charge in [-0.1, -0.05) is 58.4 Å². The first kappa shape index (κ1) is 24.6. The van der Waals surface area contributed by atoms with E-state index >= 15 is 0 Å². The standard InChI is InChI=1S/C22H38O4/c1-6-11-12-18(7-2)15-19(8-3)16-22(26,10-5)17-21(25,9-4)14-13-20(23)24/h11-14,16,18,25-26H,6-10,15,17H2,1-5H3,(H,23,24)/b12-11+,14-13+,19-16+. The number of aliphatic hydroxyl groups is 2. The monoisotopic (exact) mass is 366 g/mol. The lowest BCUT2D eigenvalue weighted by atomic mass is 9.81. The Morgan fingerprint density at radius 3 is 2.08 bits per heavy atom. The van der Waals surface area contributed by atoms with Gasteiger partial charge < -0.3 is 15.3 Å². The van der Waals surface area contributed by atoms with Crippen LogP contribution in [0.2, 0.25) is 0 Å². The molecule has 150 valence electrons. The van der Waals surface area contributed by atoms with E-state index in [-0.39, 0.29) is 6.42 Å². The van der Waals surface area contributed by atoms with Crippen molar-refractivity contribution in [3.63, 3.8) is 0 Å². The van der Waals surface area contributed by atoms with E-state index in [1.54, 1.807) is 6.92 Å². The number of aliphatic carboxylic acids is 1. The third kappa shape index (κ3) is 9.35. The number of hydrogen-bond acceptors (Lipinski definition) is 3. The van der Waals surface area contributed by atoms with Crippen LogP contribution in [0.3, 0.4) is 0 Å². The van der Waals surface area contributed by atoms with Crippen LogP contribution < -0.4 is 0 Å². The largest absolute Gasteiger partial charge is 0.478 e. The molecule has 0 spiro atoms. The Labute approximate surface area is 159 Å². The molecule has 0 saturated heterocycles. The minimum absolute atomic E-state index is 0.0852. The molecule has 0 aliphatic carbocycles. The number of carboxylic acid groups (broad SMARTS) is 1. The molecular formula is C22H38O4. The zero-order valence-electron chi connectivity index (χ0n) is 17.2.